The zero-order valence-electron chi connectivity index (χ0n) is 14.0. The maximum Gasteiger partial charge on any atom is 0.243 e. The number of nitrogens with zero attached hydrogens (tertiary/aromatic N) is 2. The molecule has 1 aliphatic rings. The summed E-state index contributed by atoms with van der Waals surface area (Å²) >= 11 is 0. The Bertz CT molecular complexity index is 820. The zero-order valence-corrected chi connectivity index (χ0v) is 14.8. The fourth-order valence-electron chi connectivity index (χ4n) is 2.84. The number of aliphatic imine (C=N–C) groups is 1. The third-order valence-corrected chi connectivity index (χ3v) is 6.21. The Morgan fingerprint density at radius 2 is 1.48 bits per heavy atom. The lowest BCUT2D eigenvalue weighted by Crippen LogP contribution is -2.31. The summed E-state index contributed by atoms with van der Waals surface area (Å²) in [5, 5.41) is 9.27. The molecule has 5 nitrogen and oxygen atoms in total. The van der Waals surface area contributed by atoms with Crippen LogP contribution in [-0.4, -0.2) is 37.1 Å². The van der Waals surface area contributed by atoms with Crippen molar-refractivity contribution in [3.8, 4) is 5.75 Å². The van der Waals surface area contributed by atoms with Crippen molar-refractivity contribution < 1.29 is 13.5 Å². The minimum absolute atomic E-state index is 0.209. The van der Waals surface area contributed by atoms with Gasteiger partial charge in [-0.25, -0.2) is 8.42 Å². The maximum absolute atomic E-state index is 12.7. The van der Waals surface area contributed by atoms with Crippen LogP contribution in [0.3, 0.4) is 0 Å². The molecule has 1 saturated heterocycles. The predicted octanol–water partition coefficient (Wildman–Crippen LogP) is 3.71. The van der Waals surface area contributed by atoms with E-state index in [2.05, 4.69) is 4.99 Å². The molecule has 0 bridgehead atoms. The van der Waals surface area contributed by atoms with E-state index in [-0.39, 0.29) is 5.75 Å². The first-order chi connectivity index (χ1) is 12.1. The van der Waals surface area contributed by atoms with Crippen LogP contribution in [0.4, 0.5) is 5.69 Å². The van der Waals surface area contributed by atoms with E-state index in [1.165, 1.54) is 0 Å². The number of hydrogen-bond acceptors (Lipinski definition) is 4. The van der Waals surface area contributed by atoms with Crippen LogP contribution in [0.5, 0.6) is 5.75 Å². The lowest BCUT2D eigenvalue weighted by molar-refractivity contribution is 0.424. The Labute approximate surface area is 148 Å². The van der Waals surface area contributed by atoms with E-state index in [1.54, 1.807) is 59.1 Å². The second kappa shape index (κ2) is 7.80. The average Bonchev–Trinajstić information content (AvgIpc) is 2.92. The highest BCUT2D eigenvalue weighted by molar-refractivity contribution is 7.89. The highest BCUT2D eigenvalue weighted by Crippen LogP contribution is 2.22. The average molecular weight is 358 g/mol. The minimum atomic E-state index is -3.42. The first kappa shape index (κ1) is 17.6. The Morgan fingerprint density at radius 1 is 0.880 bits per heavy atom. The molecule has 0 radical (unpaired) electrons. The molecule has 0 saturated carbocycles. The number of sulfonamides is 1. The lowest BCUT2D eigenvalue weighted by Gasteiger charge is -2.19. The highest BCUT2D eigenvalue weighted by atomic mass is 32.2. The van der Waals surface area contributed by atoms with Gasteiger partial charge in [-0.2, -0.15) is 4.31 Å². The van der Waals surface area contributed by atoms with Crippen LogP contribution >= 0.6 is 0 Å². The number of rotatable bonds is 4. The summed E-state index contributed by atoms with van der Waals surface area (Å²) in [6.07, 6.45) is 5.72. The first-order valence-corrected chi connectivity index (χ1v) is 9.93. The van der Waals surface area contributed by atoms with Gasteiger partial charge in [-0.1, -0.05) is 12.8 Å². The van der Waals surface area contributed by atoms with Gasteiger partial charge >= 0.3 is 0 Å². The quantitative estimate of drug-likeness (QED) is 0.847. The molecule has 1 fully saturated rings. The second-order valence-corrected chi connectivity index (χ2v) is 8.10. The molecular formula is C19H22N2O3S. The SMILES string of the molecule is O=S(=O)(c1ccc(N=Cc2ccc(O)cc2)cc1)N1CCCCCC1. The summed E-state index contributed by atoms with van der Waals surface area (Å²) in [5.41, 5.74) is 1.54. The lowest BCUT2D eigenvalue weighted by atomic mass is 10.2. The molecule has 6 heteroatoms. The summed E-state index contributed by atoms with van der Waals surface area (Å²) in [5.74, 6) is 0.209. The number of phenolic OH excluding ortho intramolecular Hbond substituents is 1. The standard InChI is InChI=1S/C19H22N2O3S/c22-18-9-5-16(6-10-18)15-20-17-7-11-19(12-8-17)25(23,24)21-13-3-1-2-4-14-21/h5-12,15,22H,1-4,13-14H2. The summed E-state index contributed by atoms with van der Waals surface area (Å²) in [6, 6.07) is 13.4. The Morgan fingerprint density at radius 3 is 2.08 bits per heavy atom. The zero-order chi connectivity index (χ0) is 17.7. The van der Waals surface area contributed by atoms with Crippen molar-refractivity contribution >= 4 is 21.9 Å². The third-order valence-electron chi connectivity index (χ3n) is 4.30. The molecule has 3 rings (SSSR count). The van der Waals surface area contributed by atoms with Crippen molar-refractivity contribution in [3.63, 3.8) is 0 Å². The molecule has 1 heterocycles. The van der Waals surface area contributed by atoms with Gasteiger partial charge in [0.15, 0.2) is 0 Å². The van der Waals surface area contributed by atoms with Gasteiger partial charge in [-0.3, -0.25) is 4.99 Å². The Balaban J connectivity index is 1.73. The number of phenols is 1. The minimum Gasteiger partial charge on any atom is -0.508 e. The van der Waals surface area contributed by atoms with Gasteiger partial charge in [-0.05, 0) is 66.9 Å². The summed E-state index contributed by atoms with van der Waals surface area (Å²) in [4.78, 5) is 4.66. The van der Waals surface area contributed by atoms with Crippen LogP contribution in [0.1, 0.15) is 31.2 Å². The molecule has 1 aliphatic heterocycles. The van der Waals surface area contributed by atoms with Crippen molar-refractivity contribution in [3.05, 3.63) is 54.1 Å². The van der Waals surface area contributed by atoms with E-state index >= 15 is 0 Å². The Kier molecular flexibility index (Phi) is 5.50. The molecule has 2 aromatic rings. The Hall–Kier alpha value is -2.18. The van der Waals surface area contributed by atoms with Crippen molar-refractivity contribution in [2.75, 3.05) is 13.1 Å². The first-order valence-electron chi connectivity index (χ1n) is 8.49. The molecule has 25 heavy (non-hydrogen) atoms. The van der Waals surface area contributed by atoms with E-state index < -0.39 is 10.0 Å². The molecule has 0 unspecified atom stereocenters. The second-order valence-electron chi connectivity index (χ2n) is 6.16. The van der Waals surface area contributed by atoms with Gasteiger partial charge < -0.3 is 5.11 Å². The molecular weight excluding hydrogens is 336 g/mol. The number of aromatic hydroxyl groups is 1. The van der Waals surface area contributed by atoms with Crippen molar-refractivity contribution in [2.45, 2.75) is 30.6 Å². The molecule has 1 N–H and O–H groups in total. The fourth-order valence-corrected chi connectivity index (χ4v) is 4.36. The predicted molar refractivity (Wildman–Crippen MR) is 99.0 cm³/mol. The highest BCUT2D eigenvalue weighted by Gasteiger charge is 2.24. The van der Waals surface area contributed by atoms with Crippen LogP contribution in [0.2, 0.25) is 0 Å². The van der Waals surface area contributed by atoms with Crippen LogP contribution in [0, 0.1) is 0 Å². The molecule has 0 aromatic heterocycles. The molecule has 132 valence electrons. The monoisotopic (exact) mass is 358 g/mol. The summed E-state index contributed by atoms with van der Waals surface area (Å²) in [6.45, 7) is 1.20. The van der Waals surface area contributed by atoms with Gasteiger partial charge in [-0.15, -0.1) is 0 Å². The van der Waals surface area contributed by atoms with Crippen LogP contribution in [0.15, 0.2) is 58.4 Å². The van der Waals surface area contributed by atoms with Crippen LogP contribution in [-0.2, 0) is 10.0 Å². The van der Waals surface area contributed by atoms with Crippen LogP contribution < -0.4 is 0 Å². The van der Waals surface area contributed by atoms with Gasteiger partial charge in [0.2, 0.25) is 10.0 Å². The molecule has 2 aromatic carbocycles. The largest absolute Gasteiger partial charge is 0.508 e. The number of benzene rings is 2. The molecule has 0 spiro atoms. The number of hydrogen-bond donors (Lipinski definition) is 1. The van der Waals surface area contributed by atoms with Gasteiger partial charge in [0.25, 0.3) is 0 Å². The van der Waals surface area contributed by atoms with Crippen LogP contribution in [0.25, 0.3) is 0 Å². The van der Waals surface area contributed by atoms with E-state index in [0.29, 0.717) is 23.7 Å². The van der Waals surface area contributed by atoms with Gasteiger partial charge in [0.1, 0.15) is 5.75 Å². The summed E-state index contributed by atoms with van der Waals surface area (Å²) in [7, 11) is -3.42. The molecule has 0 atom stereocenters. The normalized spacial score (nSPS) is 16.8. The van der Waals surface area contributed by atoms with Crippen molar-refractivity contribution in [1.82, 2.24) is 4.31 Å². The van der Waals surface area contributed by atoms with E-state index in [9.17, 15) is 13.5 Å². The summed E-state index contributed by atoms with van der Waals surface area (Å²) < 4.78 is 27.0. The van der Waals surface area contributed by atoms with Crippen molar-refractivity contribution in [2.24, 2.45) is 4.99 Å². The van der Waals surface area contributed by atoms with Gasteiger partial charge in [0, 0.05) is 19.3 Å². The maximum atomic E-state index is 12.7. The smallest absolute Gasteiger partial charge is 0.243 e. The van der Waals surface area contributed by atoms with E-state index in [1.807, 2.05) is 0 Å². The molecule has 0 amide bonds. The van der Waals surface area contributed by atoms with Gasteiger partial charge in [0.05, 0.1) is 10.6 Å². The third kappa shape index (κ3) is 4.46. The van der Waals surface area contributed by atoms with E-state index in [0.717, 1.165) is 31.2 Å². The van der Waals surface area contributed by atoms with Crippen molar-refractivity contribution in [1.29, 1.82) is 0 Å². The fraction of sp³-hybridized carbons (Fsp3) is 0.316. The van der Waals surface area contributed by atoms with E-state index in [4.69, 9.17) is 0 Å². The molecule has 0 aliphatic carbocycles. The topological polar surface area (TPSA) is 70.0 Å².